The third kappa shape index (κ3) is 8.29. The van der Waals surface area contributed by atoms with Crippen molar-refractivity contribution < 1.29 is 52.6 Å². The van der Waals surface area contributed by atoms with Crippen molar-refractivity contribution in [1.82, 2.24) is 20.1 Å². The lowest BCUT2D eigenvalue weighted by atomic mass is 9.87. The van der Waals surface area contributed by atoms with Gasteiger partial charge in [-0.05, 0) is 19.4 Å². The van der Waals surface area contributed by atoms with E-state index < -0.39 is 65.0 Å². The molecule has 3 atom stereocenters. The minimum atomic E-state index is -2.35. The molecule has 1 unspecified atom stereocenters. The second kappa shape index (κ2) is 15.1. The number of esters is 1. The summed E-state index contributed by atoms with van der Waals surface area (Å²) in [6, 6.07) is 0. The van der Waals surface area contributed by atoms with Crippen molar-refractivity contribution in [2.75, 3.05) is 32.2 Å². The topological polar surface area (TPSA) is 218 Å². The minimum absolute atomic E-state index is 0. The quantitative estimate of drug-likeness (QED) is 0.0520. The van der Waals surface area contributed by atoms with E-state index in [1.807, 2.05) is 0 Å². The number of hydrogen-bond acceptors (Lipinski definition) is 16. The molecular formula is C24H31ClN6O11S2. The van der Waals surface area contributed by atoms with Crippen LogP contribution in [0.1, 0.15) is 33.4 Å². The molecule has 3 amide bonds. The van der Waals surface area contributed by atoms with E-state index in [0.717, 1.165) is 34.9 Å². The summed E-state index contributed by atoms with van der Waals surface area (Å²) in [4.78, 5) is 86.8. The first-order chi connectivity index (χ1) is 20.1. The average Bonchev–Trinajstić information content (AvgIpc) is 3.34. The first-order valence-electron chi connectivity index (χ1n) is 12.5. The Morgan fingerprint density at radius 2 is 1.89 bits per heavy atom. The van der Waals surface area contributed by atoms with Crippen LogP contribution in [0.2, 0.25) is 0 Å². The number of rotatable bonds is 10. The van der Waals surface area contributed by atoms with Gasteiger partial charge in [-0.1, -0.05) is 5.16 Å². The first-order valence-corrected chi connectivity index (χ1v) is 14.4. The van der Waals surface area contributed by atoms with Crippen LogP contribution in [0.15, 0.2) is 22.3 Å². The summed E-state index contributed by atoms with van der Waals surface area (Å²) in [6.07, 6.45) is -2.36. The number of aromatic nitrogens is 1. The summed E-state index contributed by atoms with van der Waals surface area (Å²) in [5.41, 5.74) is 3.22. The molecule has 0 aromatic carbocycles. The Balaban J connectivity index is 0.00000675. The molecule has 0 radical (unpaired) electrons. The Labute approximate surface area is 265 Å². The number of amides is 3. The highest BCUT2D eigenvalue weighted by Crippen LogP contribution is 2.44. The molecule has 1 aromatic rings. The summed E-state index contributed by atoms with van der Waals surface area (Å²) < 4.78 is 20.2. The first kappa shape index (κ1) is 36.1. The van der Waals surface area contributed by atoms with Gasteiger partial charge in [0.2, 0.25) is 11.8 Å². The van der Waals surface area contributed by atoms with E-state index in [1.165, 1.54) is 37.5 Å². The van der Waals surface area contributed by atoms with Gasteiger partial charge in [0, 0.05) is 45.3 Å². The van der Waals surface area contributed by atoms with Crippen LogP contribution >= 0.6 is 35.5 Å². The van der Waals surface area contributed by atoms with E-state index in [0.29, 0.717) is 5.57 Å². The standard InChI is InChI=1S/C24H30N6O11S2.ClH/c1-11(2)38-23(36)40-13(4)39-20(34)24(27-17(32)16(28-41-12(3)31)15-10-43-21(25)26-15)18(33)30-7-14(9-42-19(24)30)8-37-22(35)29(5)6;/h7,10-11,13,19H,8-9H2,1-6H3,(H2,25,26)(H,27,32);1H/b28-16-;/t13?,19-,24+;/m0./s1. The highest BCUT2D eigenvalue weighted by atomic mass is 35.5. The number of carbonyl (C=O) groups is 6. The van der Waals surface area contributed by atoms with Crippen LogP contribution in [0.25, 0.3) is 0 Å². The molecule has 1 aromatic heterocycles. The van der Waals surface area contributed by atoms with Gasteiger partial charge in [-0.15, -0.1) is 35.5 Å². The van der Waals surface area contributed by atoms with E-state index in [1.54, 1.807) is 13.8 Å². The Morgan fingerprint density at radius 3 is 2.45 bits per heavy atom. The van der Waals surface area contributed by atoms with E-state index in [9.17, 15) is 28.8 Å². The van der Waals surface area contributed by atoms with E-state index >= 15 is 0 Å². The number of thioether (sulfide) groups is 1. The van der Waals surface area contributed by atoms with Gasteiger partial charge >= 0.3 is 24.2 Å². The third-order valence-corrected chi connectivity index (χ3v) is 7.54. The van der Waals surface area contributed by atoms with Crippen LogP contribution in [-0.4, -0.2) is 106 Å². The van der Waals surface area contributed by atoms with Crippen molar-refractivity contribution in [3.63, 3.8) is 0 Å². The molecule has 242 valence electrons. The fourth-order valence-electron chi connectivity index (χ4n) is 3.60. The second-order valence-electron chi connectivity index (χ2n) is 9.48. The number of ether oxygens (including phenoxy) is 4. The Morgan fingerprint density at radius 1 is 1.20 bits per heavy atom. The van der Waals surface area contributed by atoms with E-state index in [-0.39, 0.29) is 35.6 Å². The summed E-state index contributed by atoms with van der Waals surface area (Å²) in [5, 5.41) is 6.28. The summed E-state index contributed by atoms with van der Waals surface area (Å²) >= 11 is 2.03. The average molecular weight is 679 g/mol. The monoisotopic (exact) mass is 678 g/mol. The molecule has 0 saturated carbocycles. The van der Waals surface area contributed by atoms with Crippen LogP contribution in [-0.2, 0) is 43.0 Å². The number of thiazole rings is 1. The lowest BCUT2D eigenvalue weighted by Gasteiger charge is -2.53. The van der Waals surface area contributed by atoms with Gasteiger partial charge in [-0.2, -0.15) is 0 Å². The van der Waals surface area contributed by atoms with Crippen molar-refractivity contribution in [2.24, 2.45) is 5.16 Å². The zero-order valence-corrected chi connectivity index (χ0v) is 26.8. The number of nitrogens with two attached hydrogens (primary N) is 1. The number of nitrogen functional groups attached to an aromatic ring is 1. The smallest absolute Gasteiger partial charge is 0.445 e. The number of carbonyl (C=O) groups excluding carboxylic acids is 6. The predicted octanol–water partition coefficient (Wildman–Crippen LogP) is 1.22. The number of oxime groups is 1. The minimum Gasteiger partial charge on any atom is -0.445 e. The lowest BCUT2D eigenvalue weighted by Crippen LogP contribution is -2.82. The van der Waals surface area contributed by atoms with E-state index in [4.69, 9.17) is 24.7 Å². The van der Waals surface area contributed by atoms with Crippen molar-refractivity contribution in [1.29, 1.82) is 0 Å². The molecule has 3 heterocycles. The van der Waals surface area contributed by atoms with Gasteiger partial charge in [-0.25, -0.2) is 24.2 Å². The summed E-state index contributed by atoms with van der Waals surface area (Å²) in [6.45, 7) is 5.30. The van der Waals surface area contributed by atoms with Gasteiger partial charge in [0.1, 0.15) is 17.7 Å². The molecule has 3 N–H and O–H groups in total. The molecule has 44 heavy (non-hydrogen) atoms. The highest BCUT2D eigenvalue weighted by Gasteiger charge is 2.69. The zero-order valence-electron chi connectivity index (χ0n) is 24.4. The molecule has 0 aliphatic carbocycles. The Bertz CT molecular complexity index is 1370. The van der Waals surface area contributed by atoms with Crippen molar-refractivity contribution in [3.8, 4) is 0 Å². The van der Waals surface area contributed by atoms with Crippen molar-refractivity contribution in [2.45, 2.75) is 51.0 Å². The van der Waals surface area contributed by atoms with Gasteiger partial charge in [-0.3, -0.25) is 9.59 Å². The van der Waals surface area contributed by atoms with Gasteiger partial charge < -0.3 is 44.6 Å². The Kier molecular flexibility index (Phi) is 12.4. The predicted molar refractivity (Wildman–Crippen MR) is 157 cm³/mol. The largest absolute Gasteiger partial charge is 0.511 e. The fourth-order valence-corrected chi connectivity index (χ4v) is 5.50. The lowest BCUT2D eigenvalue weighted by molar-refractivity contribution is -0.188. The number of fused-ring (bicyclic) bond motifs is 1. The van der Waals surface area contributed by atoms with Crippen LogP contribution in [0.5, 0.6) is 0 Å². The maximum atomic E-state index is 13.6. The van der Waals surface area contributed by atoms with E-state index in [2.05, 4.69) is 20.3 Å². The highest BCUT2D eigenvalue weighted by molar-refractivity contribution is 8.00. The maximum absolute atomic E-state index is 13.6. The maximum Gasteiger partial charge on any atom is 0.511 e. The van der Waals surface area contributed by atoms with Crippen LogP contribution < -0.4 is 11.1 Å². The SMILES string of the molecule is CC(=O)O/N=C(\C(=O)N[C@]1(C(=O)OC(C)OC(=O)OC(C)C)C(=O)N2C=C(COC(=O)N(C)C)CS[C@H]21)c1csc(N)n1.Cl. The van der Waals surface area contributed by atoms with Crippen molar-refractivity contribution in [3.05, 3.63) is 22.8 Å². The molecule has 20 heteroatoms. The molecule has 2 aliphatic rings. The summed E-state index contributed by atoms with van der Waals surface area (Å²) in [5.74, 6) is -3.96. The fraction of sp³-hybridized carbons (Fsp3) is 0.500. The third-order valence-electron chi connectivity index (χ3n) is 5.43. The molecule has 2 aliphatic heterocycles. The number of nitrogens with one attached hydrogen (secondary N) is 1. The molecule has 1 saturated heterocycles. The zero-order chi connectivity index (χ0) is 32.1. The summed E-state index contributed by atoms with van der Waals surface area (Å²) in [7, 11) is 3.02. The number of anilines is 1. The second-order valence-corrected chi connectivity index (χ2v) is 11.4. The number of hydrogen-bond donors (Lipinski definition) is 2. The Hall–Kier alpha value is -4.10. The number of β-lactam (4-membered cyclic amide) rings is 1. The van der Waals surface area contributed by atoms with Gasteiger partial charge in [0.05, 0.1) is 6.10 Å². The normalized spacial score (nSPS) is 19.7. The van der Waals surface area contributed by atoms with Crippen LogP contribution in [0.3, 0.4) is 0 Å². The number of halogens is 1. The van der Waals surface area contributed by atoms with Gasteiger partial charge in [0.25, 0.3) is 11.8 Å². The van der Waals surface area contributed by atoms with Crippen LogP contribution in [0, 0.1) is 0 Å². The molecule has 1 fully saturated rings. The van der Waals surface area contributed by atoms with Gasteiger partial charge in [0.15, 0.2) is 10.8 Å². The molecule has 0 spiro atoms. The number of nitrogens with zero attached hydrogens (tertiary/aromatic N) is 4. The molecule has 0 bridgehead atoms. The van der Waals surface area contributed by atoms with Crippen molar-refractivity contribution >= 4 is 82.4 Å². The van der Waals surface area contributed by atoms with Crippen LogP contribution in [0.4, 0.5) is 14.7 Å². The molecule has 3 rings (SSSR count). The molecular weight excluding hydrogens is 648 g/mol. The molecule has 17 nitrogen and oxygen atoms in total.